The molecule has 0 bridgehead atoms. The molecule has 20 heteroatoms. The van der Waals surface area contributed by atoms with Gasteiger partial charge < -0.3 is 29.6 Å². The van der Waals surface area contributed by atoms with Gasteiger partial charge in [-0.15, -0.1) is 0 Å². The van der Waals surface area contributed by atoms with Gasteiger partial charge in [-0.2, -0.15) is 10.2 Å². The number of hydrogen-bond acceptors (Lipinski definition) is 10. The van der Waals surface area contributed by atoms with Crippen molar-refractivity contribution < 1.29 is 27.7 Å². The van der Waals surface area contributed by atoms with E-state index in [4.69, 9.17) is 39.1 Å². The van der Waals surface area contributed by atoms with Gasteiger partial charge in [0.2, 0.25) is 0 Å². The van der Waals surface area contributed by atoms with Crippen LogP contribution >= 0.6 is 0 Å². The van der Waals surface area contributed by atoms with E-state index in [-0.39, 0.29) is 11.6 Å². The third kappa shape index (κ3) is 13.5. The van der Waals surface area contributed by atoms with E-state index in [1.54, 1.807) is 26.2 Å². The van der Waals surface area contributed by atoms with Gasteiger partial charge >= 0.3 is 0 Å². The van der Waals surface area contributed by atoms with E-state index in [1.807, 2.05) is 10.6 Å². The van der Waals surface area contributed by atoms with Crippen molar-refractivity contribution in [3.63, 3.8) is 0 Å². The Morgan fingerprint density at radius 3 is 1.28 bits per heavy atom. The number of rotatable bonds is 24. The Hall–Kier alpha value is -4.03. The molecular formula is C58H92F2N10O4Si4. The minimum atomic E-state index is -1.23. The van der Waals surface area contributed by atoms with E-state index in [9.17, 15) is 8.78 Å². The molecule has 2 N–H and O–H groups in total. The van der Waals surface area contributed by atoms with Crippen LogP contribution in [0.15, 0.2) is 24.3 Å². The lowest BCUT2D eigenvalue weighted by molar-refractivity contribution is 0.0755. The Morgan fingerprint density at radius 2 is 0.885 bits per heavy atom. The van der Waals surface area contributed by atoms with Crippen molar-refractivity contribution in [3.8, 4) is 23.0 Å². The second-order valence-corrected chi connectivity index (χ2v) is 51.2. The van der Waals surface area contributed by atoms with E-state index in [2.05, 4.69) is 117 Å². The monoisotopic (exact) mass is 1140 g/mol. The van der Waals surface area contributed by atoms with E-state index in [1.165, 1.54) is 41.4 Å². The summed E-state index contributed by atoms with van der Waals surface area (Å²) in [4.78, 5) is 10.0. The van der Waals surface area contributed by atoms with E-state index in [0.29, 0.717) is 79.7 Å². The van der Waals surface area contributed by atoms with Crippen LogP contribution in [0.5, 0.6) is 0 Å². The van der Waals surface area contributed by atoms with E-state index >= 15 is 0 Å². The van der Waals surface area contributed by atoms with Gasteiger partial charge in [0.1, 0.15) is 49.9 Å². The molecule has 0 amide bonds. The average Bonchev–Trinajstić information content (AvgIpc) is 3.96. The maximum Gasteiger partial charge on any atom is 0.163 e. The zero-order valence-corrected chi connectivity index (χ0v) is 54.2. The first-order valence-electron chi connectivity index (χ1n) is 28.8. The Labute approximate surface area is 467 Å². The van der Waals surface area contributed by atoms with Gasteiger partial charge in [-0.3, -0.25) is 9.13 Å². The van der Waals surface area contributed by atoms with Gasteiger partial charge in [0.15, 0.2) is 11.6 Å². The first-order valence-corrected chi connectivity index (χ1v) is 43.6. The van der Waals surface area contributed by atoms with Crippen molar-refractivity contribution in [3.05, 3.63) is 58.4 Å². The molecule has 2 saturated carbocycles. The topological polar surface area (TPSA) is 132 Å². The van der Waals surface area contributed by atoms with Crippen molar-refractivity contribution in [1.82, 2.24) is 38.7 Å². The summed E-state index contributed by atoms with van der Waals surface area (Å²) in [7, 11) is -1.33. The summed E-state index contributed by atoms with van der Waals surface area (Å²) in [6.45, 7) is 37.6. The van der Waals surface area contributed by atoms with E-state index in [0.717, 1.165) is 103 Å². The predicted octanol–water partition coefficient (Wildman–Crippen LogP) is 13.7. The number of fused-ring (bicyclic) bond motifs is 6. The number of benzene rings is 2. The van der Waals surface area contributed by atoms with E-state index < -0.39 is 32.3 Å². The fourth-order valence-corrected chi connectivity index (χ4v) is 14.3. The van der Waals surface area contributed by atoms with Gasteiger partial charge in [-0.1, -0.05) is 92.4 Å². The number of ether oxygens (including phenoxy) is 4. The summed E-state index contributed by atoms with van der Waals surface area (Å²) < 4.78 is 62.7. The highest BCUT2D eigenvalue weighted by Gasteiger charge is 2.55. The second kappa shape index (κ2) is 22.4. The first-order chi connectivity index (χ1) is 36.6. The molecule has 0 spiro atoms. The molecule has 4 aliphatic carbocycles. The molecule has 14 nitrogen and oxygen atoms in total. The lowest BCUT2D eigenvalue weighted by Gasteiger charge is -2.20. The summed E-state index contributed by atoms with van der Waals surface area (Å²) in [5, 5.41) is 16.2. The van der Waals surface area contributed by atoms with Gasteiger partial charge in [0.05, 0.1) is 33.4 Å². The summed E-state index contributed by atoms with van der Waals surface area (Å²) in [5.74, 6) is 2.29. The summed E-state index contributed by atoms with van der Waals surface area (Å²) >= 11 is 0. The number of nitrogens with zero attached hydrogens (tertiary/aromatic N) is 8. The molecule has 0 radical (unpaired) electrons. The molecular weight excluding hydrogens is 1050 g/mol. The molecule has 0 aliphatic heterocycles. The molecule has 4 heterocycles. The van der Waals surface area contributed by atoms with Crippen LogP contribution < -0.4 is 10.6 Å². The summed E-state index contributed by atoms with van der Waals surface area (Å²) in [6.07, 6.45) is 6.55. The van der Waals surface area contributed by atoms with Crippen molar-refractivity contribution in [2.45, 2.75) is 182 Å². The number of anilines is 2. The quantitative estimate of drug-likeness (QED) is 0.0446. The largest absolute Gasteiger partial charge is 0.386 e. The van der Waals surface area contributed by atoms with Crippen molar-refractivity contribution >= 4 is 65.7 Å². The summed E-state index contributed by atoms with van der Waals surface area (Å²) in [6, 6.07) is 11.1. The van der Waals surface area contributed by atoms with Gasteiger partial charge in [0.25, 0.3) is 0 Å². The SMILES string of the molecule is CNc1cc2c(cc1F)nc(-c1nn(COCC[Si](C)(C)C)c3c1C[C@@H]1C[C@]1(C)C3)n2COCC[Si](C)(C)C.CNc1cc2nc(-c3nn(COCC[Si](C)(C)C)c4c3C[C@@H]3C[C@]3(C)C4)n(COCC[Si](C)(C)C)c2cc1F. The Balaban J connectivity index is 0.000000190. The third-order valence-corrected chi connectivity index (χ3v) is 23.8. The molecule has 4 aromatic heterocycles. The Morgan fingerprint density at radius 1 is 0.526 bits per heavy atom. The van der Waals surface area contributed by atoms with Crippen LogP contribution in [0.4, 0.5) is 20.2 Å². The fourth-order valence-electron chi connectivity index (χ4n) is 11.2. The smallest absolute Gasteiger partial charge is 0.163 e. The maximum absolute atomic E-state index is 14.9. The lowest BCUT2D eigenvalue weighted by atomic mass is 9.87. The number of aromatic nitrogens is 8. The number of halogens is 2. The van der Waals surface area contributed by atoms with Crippen molar-refractivity contribution in [1.29, 1.82) is 0 Å². The van der Waals surface area contributed by atoms with Crippen LogP contribution in [0, 0.1) is 34.3 Å². The Kier molecular flexibility index (Phi) is 16.8. The number of nitrogens with one attached hydrogen (secondary N) is 2. The molecule has 2 fully saturated rings. The Bertz CT molecular complexity index is 3030. The van der Waals surface area contributed by atoms with Gasteiger partial charge in [-0.05, 0) is 97.5 Å². The predicted molar refractivity (Wildman–Crippen MR) is 325 cm³/mol. The highest BCUT2D eigenvalue weighted by molar-refractivity contribution is 6.77. The van der Waals surface area contributed by atoms with Gasteiger partial charge in [0, 0.05) is 107 Å². The minimum Gasteiger partial charge on any atom is -0.386 e. The molecule has 2 aromatic carbocycles. The highest BCUT2D eigenvalue weighted by atomic mass is 28.3. The first kappa shape index (κ1) is 58.6. The average molecular weight is 1140 g/mol. The van der Waals surface area contributed by atoms with Crippen LogP contribution in [0.3, 0.4) is 0 Å². The molecule has 6 aromatic rings. The normalized spacial score (nSPS) is 20.8. The maximum atomic E-state index is 14.9. The standard InChI is InChI=1S/2C29H46FN5O2Si2/c1-29-16-20(29)13-21-26(17-29)35(19-37-10-12-39(6,7)8)33-27(21)28-32-24-15-23(31-2)22(30)14-25(24)34(28)18-36-9-11-38(3,4)5;1-29-16-20(29)13-21-26(17-29)35(19-37-10-12-39(6,7)8)33-27(21)28-32-24-14-22(30)23(31-2)15-25(24)34(28)18-36-9-11-38(3,4)5/h2*14-15,20,31H,9-13,16-19H2,1-8H3/t2*20-,29-/m11/s1. The molecule has 78 heavy (non-hydrogen) atoms. The highest BCUT2D eigenvalue weighted by Crippen LogP contribution is 2.61. The molecule has 10 rings (SSSR count). The lowest BCUT2D eigenvalue weighted by Crippen LogP contribution is -2.23. The van der Waals surface area contributed by atoms with Crippen LogP contribution in [-0.2, 0) is 71.6 Å². The molecule has 0 saturated heterocycles. The molecule has 0 unspecified atom stereocenters. The fraction of sp³-hybridized carbons (Fsp3) is 0.655. The van der Waals surface area contributed by atoms with Crippen LogP contribution in [0.25, 0.3) is 45.1 Å². The zero-order valence-electron chi connectivity index (χ0n) is 50.2. The van der Waals surface area contributed by atoms with Crippen LogP contribution in [0.2, 0.25) is 103 Å². The third-order valence-electron chi connectivity index (χ3n) is 16.9. The molecule has 428 valence electrons. The van der Waals surface area contributed by atoms with Crippen molar-refractivity contribution in [2.75, 3.05) is 51.2 Å². The summed E-state index contributed by atoms with van der Waals surface area (Å²) in [5.41, 5.74) is 11.5. The molecule has 4 atom stereocenters. The van der Waals surface area contributed by atoms with Crippen molar-refractivity contribution in [2.24, 2.45) is 22.7 Å². The van der Waals surface area contributed by atoms with Crippen LogP contribution in [0.1, 0.15) is 49.2 Å². The number of hydrogen-bond donors (Lipinski definition) is 2. The minimum absolute atomic E-state index is 0.295. The van der Waals surface area contributed by atoms with Crippen LogP contribution in [-0.4, -0.2) is 111 Å². The molecule has 4 aliphatic rings. The van der Waals surface area contributed by atoms with Gasteiger partial charge in [-0.25, -0.2) is 28.1 Å². The second-order valence-electron chi connectivity index (χ2n) is 28.7. The number of imidazole rings is 2. The zero-order chi connectivity index (χ0) is 56.3.